The van der Waals surface area contributed by atoms with Gasteiger partial charge >= 0.3 is 5.97 Å². The Bertz CT molecular complexity index is 299. The van der Waals surface area contributed by atoms with Crippen molar-refractivity contribution in [1.82, 2.24) is 4.57 Å². The summed E-state index contributed by atoms with van der Waals surface area (Å²) < 4.78 is 4.16. The number of hydrogen-bond acceptors (Lipinski definition) is 3. The molecule has 6 heteroatoms. The number of aryl methyl sites for hydroxylation is 2. The summed E-state index contributed by atoms with van der Waals surface area (Å²) in [7, 11) is 2.02. The van der Waals surface area contributed by atoms with Gasteiger partial charge in [-0.2, -0.15) is 0 Å². The van der Waals surface area contributed by atoms with Crippen molar-refractivity contribution in [2.75, 3.05) is 6.61 Å². The molecule has 0 aromatic carbocycles. The van der Waals surface area contributed by atoms with Gasteiger partial charge in [-0.3, -0.25) is 4.79 Å². The molecule has 0 aliphatic heterocycles. The standard InChI is InChI=1S/C6H11N2.C3H7NO3/c1-3-8-5-4-7(2)6-8;4-2(1-5)3(6)7/h4-6H,3H2,1-2H3;2,5H,1,4H2,(H,6,7)/q+1;. The summed E-state index contributed by atoms with van der Waals surface area (Å²) in [5.41, 5.74) is 4.77. The van der Waals surface area contributed by atoms with Gasteiger partial charge in [0.25, 0.3) is 0 Å². The third-order valence-electron chi connectivity index (χ3n) is 1.70. The molecule has 1 aromatic heterocycles. The van der Waals surface area contributed by atoms with Crippen molar-refractivity contribution >= 4 is 5.97 Å². The van der Waals surface area contributed by atoms with Gasteiger partial charge in [0, 0.05) is 0 Å². The summed E-state index contributed by atoms with van der Waals surface area (Å²) in [6, 6.07) is -1.13. The van der Waals surface area contributed by atoms with E-state index in [9.17, 15) is 4.79 Å². The molecule has 1 rings (SSSR count). The molecule has 0 aliphatic rings. The molecule has 0 aliphatic carbocycles. The van der Waals surface area contributed by atoms with Crippen LogP contribution in [0.15, 0.2) is 18.7 Å². The Kier molecular flexibility index (Phi) is 6.32. The third kappa shape index (κ3) is 5.82. The van der Waals surface area contributed by atoms with Gasteiger partial charge in [-0.1, -0.05) is 0 Å². The van der Waals surface area contributed by atoms with Crippen molar-refractivity contribution in [2.45, 2.75) is 19.5 Å². The molecule has 0 bridgehead atoms. The predicted octanol–water partition coefficient (Wildman–Crippen LogP) is -1.28. The molecular weight excluding hydrogens is 198 g/mol. The second-order valence-corrected chi connectivity index (χ2v) is 3.04. The van der Waals surface area contributed by atoms with Crippen LogP contribution in [0.4, 0.5) is 0 Å². The SMILES string of the molecule is CCn1cc[n+](C)c1.NC(CO)C(=O)O. The highest BCUT2D eigenvalue weighted by molar-refractivity contribution is 5.73. The maximum Gasteiger partial charge on any atom is 0.322 e. The number of rotatable bonds is 3. The van der Waals surface area contributed by atoms with Crippen LogP contribution in [0.5, 0.6) is 0 Å². The minimum atomic E-state index is -1.18. The van der Waals surface area contributed by atoms with Crippen LogP contribution in [0.3, 0.4) is 0 Å². The first kappa shape index (κ1) is 13.6. The average molecular weight is 216 g/mol. The highest BCUT2D eigenvalue weighted by Gasteiger charge is 2.06. The lowest BCUT2D eigenvalue weighted by Gasteiger charge is -1.96. The highest BCUT2D eigenvalue weighted by atomic mass is 16.4. The second kappa shape index (κ2) is 6.97. The first-order valence-corrected chi connectivity index (χ1v) is 4.61. The summed E-state index contributed by atoms with van der Waals surface area (Å²) in [4.78, 5) is 9.65. The molecule has 0 saturated carbocycles. The summed E-state index contributed by atoms with van der Waals surface area (Å²) in [6.07, 6.45) is 6.14. The number of aliphatic carboxylic acids is 1. The first-order chi connectivity index (χ1) is 7.01. The Morgan fingerprint density at radius 3 is 2.40 bits per heavy atom. The largest absolute Gasteiger partial charge is 0.480 e. The first-order valence-electron chi connectivity index (χ1n) is 4.61. The monoisotopic (exact) mass is 216 g/mol. The molecule has 1 atom stereocenters. The van der Waals surface area contributed by atoms with E-state index in [4.69, 9.17) is 15.9 Å². The minimum Gasteiger partial charge on any atom is -0.480 e. The van der Waals surface area contributed by atoms with Crippen molar-refractivity contribution in [2.24, 2.45) is 12.8 Å². The molecule has 1 aromatic rings. The van der Waals surface area contributed by atoms with Crippen molar-refractivity contribution in [3.8, 4) is 0 Å². The molecule has 6 nitrogen and oxygen atoms in total. The van der Waals surface area contributed by atoms with Crippen LogP contribution in [0, 0.1) is 0 Å². The average Bonchev–Trinajstić information content (AvgIpc) is 2.63. The maximum atomic E-state index is 9.65. The normalized spacial score (nSPS) is 11.5. The number of carboxylic acid groups (broad SMARTS) is 1. The van der Waals surface area contributed by atoms with E-state index in [2.05, 4.69) is 24.0 Å². The van der Waals surface area contributed by atoms with E-state index in [-0.39, 0.29) is 0 Å². The lowest BCUT2D eigenvalue weighted by Crippen LogP contribution is -2.33. The van der Waals surface area contributed by atoms with Gasteiger partial charge in [0.15, 0.2) is 0 Å². The summed E-state index contributed by atoms with van der Waals surface area (Å²) in [5.74, 6) is -1.18. The van der Waals surface area contributed by atoms with Gasteiger partial charge in [-0.05, 0) is 6.92 Å². The van der Waals surface area contributed by atoms with E-state index in [0.717, 1.165) is 6.54 Å². The number of hydrogen-bond donors (Lipinski definition) is 3. The van der Waals surface area contributed by atoms with Gasteiger partial charge in [0.1, 0.15) is 18.4 Å². The number of nitrogens with two attached hydrogens (primary N) is 1. The van der Waals surface area contributed by atoms with Crippen molar-refractivity contribution in [3.63, 3.8) is 0 Å². The zero-order valence-corrected chi connectivity index (χ0v) is 9.00. The lowest BCUT2D eigenvalue weighted by molar-refractivity contribution is -0.671. The summed E-state index contributed by atoms with van der Waals surface area (Å²) in [6.45, 7) is 2.68. The molecule has 0 radical (unpaired) electrons. The Hall–Kier alpha value is -1.40. The van der Waals surface area contributed by atoms with E-state index >= 15 is 0 Å². The Morgan fingerprint density at radius 1 is 1.67 bits per heavy atom. The Morgan fingerprint density at radius 2 is 2.27 bits per heavy atom. The zero-order valence-electron chi connectivity index (χ0n) is 9.00. The van der Waals surface area contributed by atoms with Crippen LogP contribution in [-0.4, -0.2) is 33.4 Å². The van der Waals surface area contributed by atoms with Gasteiger partial charge < -0.3 is 15.9 Å². The van der Waals surface area contributed by atoms with Crippen LogP contribution in [0.25, 0.3) is 0 Å². The van der Waals surface area contributed by atoms with Crippen LogP contribution in [-0.2, 0) is 18.4 Å². The van der Waals surface area contributed by atoms with E-state index in [1.807, 2.05) is 17.8 Å². The van der Waals surface area contributed by atoms with E-state index < -0.39 is 18.6 Å². The van der Waals surface area contributed by atoms with Crippen molar-refractivity contribution in [3.05, 3.63) is 18.7 Å². The van der Waals surface area contributed by atoms with E-state index in [1.165, 1.54) is 0 Å². The molecule has 0 spiro atoms. The number of aliphatic hydroxyl groups excluding tert-OH is 1. The number of aromatic nitrogens is 2. The fourth-order valence-corrected chi connectivity index (χ4v) is 0.767. The lowest BCUT2D eigenvalue weighted by atomic mass is 10.3. The highest BCUT2D eigenvalue weighted by Crippen LogP contribution is 1.79. The van der Waals surface area contributed by atoms with Crippen molar-refractivity contribution in [1.29, 1.82) is 0 Å². The summed E-state index contributed by atoms with van der Waals surface area (Å²) in [5, 5.41) is 15.9. The molecule has 15 heavy (non-hydrogen) atoms. The van der Waals surface area contributed by atoms with Gasteiger partial charge in [-0.25, -0.2) is 9.13 Å². The van der Waals surface area contributed by atoms with Gasteiger partial charge in [0.05, 0.1) is 20.2 Å². The van der Waals surface area contributed by atoms with Crippen LogP contribution < -0.4 is 10.3 Å². The molecule has 1 unspecified atom stereocenters. The molecular formula is C9H18N3O3+. The zero-order chi connectivity index (χ0) is 11.8. The van der Waals surface area contributed by atoms with Crippen LogP contribution >= 0.6 is 0 Å². The van der Waals surface area contributed by atoms with E-state index in [0.29, 0.717) is 0 Å². The number of imidazole rings is 1. The molecule has 0 saturated heterocycles. The molecule has 0 fully saturated rings. The number of nitrogens with zero attached hydrogens (tertiary/aromatic N) is 2. The quantitative estimate of drug-likeness (QED) is 0.549. The smallest absolute Gasteiger partial charge is 0.322 e. The predicted molar refractivity (Wildman–Crippen MR) is 54.0 cm³/mol. The molecule has 4 N–H and O–H groups in total. The second-order valence-electron chi connectivity index (χ2n) is 3.04. The van der Waals surface area contributed by atoms with Crippen molar-refractivity contribution < 1.29 is 19.6 Å². The van der Waals surface area contributed by atoms with E-state index in [1.54, 1.807) is 0 Å². The Balaban J connectivity index is 0.000000265. The summed E-state index contributed by atoms with van der Waals surface area (Å²) >= 11 is 0. The topological polar surface area (TPSA) is 92.4 Å². The fraction of sp³-hybridized carbons (Fsp3) is 0.556. The maximum absolute atomic E-state index is 9.65. The minimum absolute atomic E-state index is 0.505. The third-order valence-corrected chi connectivity index (χ3v) is 1.70. The number of aliphatic hydroxyl groups is 1. The van der Waals surface area contributed by atoms with Gasteiger partial charge in [-0.15, -0.1) is 0 Å². The molecule has 1 heterocycles. The van der Waals surface area contributed by atoms with Crippen LogP contribution in [0.1, 0.15) is 6.92 Å². The molecule has 0 amide bonds. The van der Waals surface area contributed by atoms with Gasteiger partial charge in [0.2, 0.25) is 6.33 Å². The van der Waals surface area contributed by atoms with Crippen LogP contribution in [0.2, 0.25) is 0 Å². The Labute approximate surface area is 88.6 Å². The number of carboxylic acids is 1. The fourth-order valence-electron chi connectivity index (χ4n) is 0.767. The molecule has 86 valence electrons. The number of carbonyl (C=O) groups is 1.